The Kier molecular flexibility index (Phi) is 16.7. The molecule has 4 nitrogen and oxygen atoms in total. The summed E-state index contributed by atoms with van der Waals surface area (Å²) in [5, 5.41) is 4.22. The first kappa shape index (κ1) is 38.4. The second kappa shape index (κ2) is 20.9. The zero-order valence-corrected chi connectivity index (χ0v) is 32.2. The number of hydrogen-bond donors (Lipinski definition) is 0. The maximum Gasteiger partial charge on any atom is 0.259 e. The Morgan fingerprint density at radius 2 is 0.792 bits per heavy atom. The first-order valence-electron chi connectivity index (χ1n) is 19.3. The highest BCUT2D eigenvalue weighted by Crippen LogP contribution is 2.33. The zero-order valence-electron chi connectivity index (χ0n) is 30.5. The second-order valence-corrected chi connectivity index (χ2v) is 15.9. The van der Waals surface area contributed by atoms with Crippen molar-refractivity contribution < 1.29 is 0 Å². The molecule has 4 aromatic heterocycles. The van der Waals surface area contributed by atoms with E-state index in [1.165, 1.54) is 127 Å². The monoisotopic (exact) mass is 690 g/mol. The highest BCUT2D eigenvalue weighted by atomic mass is 32.1. The molecular formula is C42H62N2O2S2. The van der Waals surface area contributed by atoms with E-state index in [4.69, 9.17) is 0 Å². The predicted octanol–water partition coefficient (Wildman–Crippen LogP) is 12.6. The third-order valence-electron chi connectivity index (χ3n) is 10.2. The minimum Gasteiger partial charge on any atom is -0.309 e. The number of nitrogens with zero attached hydrogens (tertiary/aromatic N) is 2. The standard InChI is InChI=1S/C42H62N2O2S2/c1-5-7-9-11-13-15-17-19-21-23-25-33-27-29-47-39(33)35-31-37-38(43(3)41(35)45)32-36(42(46)44(37)4)40-34(28-30-48-40)26-24-22-20-18-16-14-12-10-8-6-2/h27-32H,5-26H2,1-4H3. The van der Waals surface area contributed by atoms with Crippen molar-refractivity contribution in [1.82, 2.24) is 9.13 Å². The van der Waals surface area contributed by atoms with E-state index >= 15 is 0 Å². The van der Waals surface area contributed by atoms with Crippen LogP contribution in [-0.4, -0.2) is 9.13 Å². The van der Waals surface area contributed by atoms with Gasteiger partial charge in [0.25, 0.3) is 11.1 Å². The Bertz CT molecular complexity index is 1520. The average molecular weight is 691 g/mol. The number of rotatable bonds is 24. The predicted molar refractivity (Wildman–Crippen MR) is 212 cm³/mol. The summed E-state index contributed by atoms with van der Waals surface area (Å²) in [5.41, 5.74) is 5.58. The zero-order chi connectivity index (χ0) is 34.1. The van der Waals surface area contributed by atoms with Crippen molar-refractivity contribution >= 4 is 33.7 Å². The second-order valence-electron chi connectivity index (χ2n) is 14.0. The lowest BCUT2D eigenvalue weighted by molar-refractivity contribution is 0.556. The van der Waals surface area contributed by atoms with Crippen molar-refractivity contribution in [2.45, 2.75) is 155 Å². The van der Waals surface area contributed by atoms with Gasteiger partial charge in [-0.15, -0.1) is 22.7 Å². The molecule has 48 heavy (non-hydrogen) atoms. The summed E-state index contributed by atoms with van der Waals surface area (Å²) in [4.78, 5) is 29.8. The highest BCUT2D eigenvalue weighted by molar-refractivity contribution is 7.14. The molecule has 0 aliphatic rings. The minimum absolute atomic E-state index is 0.00985. The van der Waals surface area contributed by atoms with E-state index in [0.717, 1.165) is 46.5 Å². The van der Waals surface area contributed by atoms with Crippen molar-refractivity contribution in [3.05, 3.63) is 66.9 Å². The number of pyridine rings is 2. The smallest absolute Gasteiger partial charge is 0.259 e. The molecule has 4 heterocycles. The van der Waals surface area contributed by atoms with Gasteiger partial charge in [0.2, 0.25) is 0 Å². The molecule has 4 aromatic rings. The Balaban J connectivity index is 1.39. The van der Waals surface area contributed by atoms with Crippen LogP contribution in [0.1, 0.15) is 153 Å². The molecule has 0 atom stereocenters. The van der Waals surface area contributed by atoms with Gasteiger partial charge in [-0.2, -0.15) is 0 Å². The van der Waals surface area contributed by atoms with Crippen molar-refractivity contribution in [2.75, 3.05) is 0 Å². The fraction of sp³-hybridized carbons (Fsp3) is 0.619. The molecule has 0 bridgehead atoms. The summed E-state index contributed by atoms with van der Waals surface area (Å²) in [6, 6.07) is 8.31. The number of aromatic nitrogens is 2. The normalized spacial score (nSPS) is 11.7. The van der Waals surface area contributed by atoms with E-state index in [-0.39, 0.29) is 11.1 Å². The third-order valence-corrected chi connectivity index (χ3v) is 12.2. The van der Waals surface area contributed by atoms with Crippen molar-refractivity contribution in [1.29, 1.82) is 0 Å². The molecule has 0 saturated carbocycles. The fourth-order valence-electron chi connectivity index (χ4n) is 7.13. The summed E-state index contributed by atoms with van der Waals surface area (Å²) in [5.74, 6) is 0. The topological polar surface area (TPSA) is 44.0 Å². The van der Waals surface area contributed by atoms with E-state index < -0.39 is 0 Å². The average Bonchev–Trinajstić information content (AvgIpc) is 3.76. The quantitative estimate of drug-likeness (QED) is 0.0687. The molecule has 0 aliphatic heterocycles. The van der Waals surface area contributed by atoms with Gasteiger partial charge in [0, 0.05) is 23.8 Å². The third kappa shape index (κ3) is 10.8. The maximum absolute atomic E-state index is 13.8. The van der Waals surface area contributed by atoms with Gasteiger partial charge < -0.3 is 9.13 Å². The largest absolute Gasteiger partial charge is 0.309 e. The van der Waals surface area contributed by atoms with E-state index in [0.29, 0.717) is 11.1 Å². The number of aryl methyl sites for hydroxylation is 4. The highest BCUT2D eigenvalue weighted by Gasteiger charge is 2.19. The van der Waals surface area contributed by atoms with Crippen LogP contribution >= 0.6 is 22.7 Å². The van der Waals surface area contributed by atoms with Gasteiger partial charge in [-0.3, -0.25) is 9.59 Å². The van der Waals surface area contributed by atoms with Gasteiger partial charge in [-0.25, -0.2) is 0 Å². The molecule has 264 valence electrons. The molecule has 4 rings (SSSR count). The van der Waals surface area contributed by atoms with Crippen LogP contribution in [0.3, 0.4) is 0 Å². The van der Waals surface area contributed by atoms with Gasteiger partial charge in [0.05, 0.1) is 22.2 Å². The molecule has 0 aliphatic carbocycles. The number of hydrogen-bond acceptors (Lipinski definition) is 4. The molecule has 0 radical (unpaired) electrons. The lowest BCUT2D eigenvalue weighted by Gasteiger charge is -2.14. The number of fused-ring (bicyclic) bond motifs is 1. The Morgan fingerprint density at radius 1 is 0.479 bits per heavy atom. The molecule has 0 N–H and O–H groups in total. The molecular weight excluding hydrogens is 629 g/mol. The first-order valence-corrected chi connectivity index (χ1v) is 21.1. The Hall–Kier alpha value is -2.44. The molecule has 0 unspecified atom stereocenters. The summed E-state index contributed by atoms with van der Waals surface area (Å²) in [6.45, 7) is 4.55. The van der Waals surface area contributed by atoms with Gasteiger partial charge in [-0.05, 0) is 71.8 Å². The van der Waals surface area contributed by atoms with Crippen LogP contribution in [-0.2, 0) is 26.9 Å². The van der Waals surface area contributed by atoms with Gasteiger partial charge in [0.1, 0.15) is 0 Å². The van der Waals surface area contributed by atoms with Crippen LogP contribution in [0.25, 0.3) is 31.9 Å². The number of thiophene rings is 2. The van der Waals surface area contributed by atoms with E-state index in [1.54, 1.807) is 31.8 Å². The number of unbranched alkanes of at least 4 members (excludes halogenated alkanes) is 18. The van der Waals surface area contributed by atoms with Crippen LogP contribution in [0.2, 0.25) is 0 Å². The van der Waals surface area contributed by atoms with Crippen molar-refractivity contribution in [3.8, 4) is 20.9 Å². The summed E-state index contributed by atoms with van der Waals surface area (Å²) in [6.07, 6.45) is 28.4. The molecule has 0 spiro atoms. The van der Waals surface area contributed by atoms with Gasteiger partial charge >= 0.3 is 0 Å². The van der Waals surface area contributed by atoms with Crippen LogP contribution in [0.15, 0.2) is 44.6 Å². The summed E-state index contributed by atoms with van der Waals surface area (Å²) < 4.78 is 3.51. The van der Waals surface area contributed by atoms with Crippen LogP contribution in [0, 0.1) is 0 Å². The SMILES string of the molecule is CCCCCCCCCCCCc1ccsc1-c1cc2c(cc(-c3sccc3CCCCCCCCCCCC)c(=O)n2C)n(C)c1=O. The molecule has 0 saturated heterocycles. The van der Waals surface area contributed by atoms with Gasteiger partial charge in [-0.1, -0.05) is 129 Å². The Morgan fingerprint density at radius 3 is 1.12 bits per heavy atom. The molecule has 0 aromatic carbocycles. The lowest BCUT2D eigenvalue weighted by Crippen LogP contribution is -2.25. The Labute approximate surface area is 298 Å². The summed E-state index contributed by atoms with van der Waals surface area (Å²) in [7, 11) is 3.72. The van der Waals surface area contributed by atoms with Crippen LogP contribution in [0.5, 0.6) is 0 Å². The van der Waals surface area contributed by atoms with Gasteiger partial charge in [0.15, 0.2) is 0 Å². The van der Waals surface area contributed by atoms with Crippen molar-refractivity contribution in [2.24, 2.45) is 14.1 Å². The van der Waals surface area contributed by atoms with Crippen LogP contribution in [0.4, 0.5) is 0 Å². The minimum atomic E-state index is 0.00985. The fourth-order valence-corrected chi connectivity index (χ4v) is 9.06. The molecule has 0 fully saturated rings. The summed E-state index contributed by atoms with van der Waals surface area (Å²) >= 11 is 3.29. The van der Waals surface area contributed by atoms with E-state index in [9.17, 15) is 9.59 Å². The first-order chi connectivity index (χ1) is 23.5. The van der Waals surface area contributed by atoms with Crippen molar-refractivity contribution in [3.63, 3.8) is 0 Å². The maximum atomic E-state index is 13.8. The molecule has 6 heteroatoms. The van der Waals surface area contributed by atoms with Crippen LogP contribution < -0.4 is 11.1 Å². The lowest BCUT2D eigenvalue weighted by atomic mass is 10.0. The van der Waals surface area contributed by atoms with E-state index in [2.05, 4.69) is 36.7 Å². The molecule has 0 amide bonds. The van der Waals surface area contributed by atoms with E-state index in [1.807, 2.05) is 26.2 Å².